The monoisotopic (exact) mass is 278 g/mol. The van der Waals surface area contributed by atoms with Crippen LogP contribution in [-0.4, -0.2) is 28.8 Å². The zero-order valence-electron chi connectivity index (χ0n) is 10.9. The standard InChI is InChI=1S/C14H18N2O2S/c1-18-12-4-2-11(3-5-12)9-19-14(6-7-17)13-8-15-10-16-13/h2-5,8,10,14,17H,6-7,9H2,1H3,(H,15,16). The van der Waals surface area contributed by atoms with Gasteiger partial charge in [0.1, 0.15) is 5.75 Å². The van der Waals surface area contributed by atoms with Gasteiger partial charge in [-0.2, -0.15) is 0 Å². The molecule has 0 aliphatic carbocycles. The van der Waals surface area contributed by atoms with Crippen molar-refractivity contribution in [1.29, 1.82) is 0 Å². The Morgan fingerprint density at radius 1 is 1.37 bits per heavy atom. The van der Waals surface area contributed by atoms with Gasteiger partial charge in [-0.1, -0.05) is 12.1 Å². The van der Waals surface area contributed by atoms with E-state index in [1.54, 1.807) is 25.2 Å². The quantitative estimate of drug-likeness (QED) is 0.817. The fourth-order valence-electron chi connectivity index (χ4n) is 1.81. The number of H-pyrrole nitrogens is 1. The highest BCUT2D eigenvalue weighted by Gasteiger charge is 2.13. The second-order valence-electron chi connectivity index (χ2n) is 4.17. The molecule has 1 heterocycles. The Kier molecular flexibility index (Phi) is 5.30. The highest BCUT2D eigenvalue weighted by atomic mass is 32.2. The number of aliphatic hydroxyl groups excluding tert-OH is 1. The molecule has 2 N–H and O–H groups in total. The SMILES string of the molecule is COc1ccc(CSC(CCO)c2cnc[nH]2)cc1. The van der Waals surface area contributed by atoms with Crippen LogP contribution < -0.4 is 4.74 Å². The molecular weight excluding hydrogens is 260 g/mol. The molecular formula is C14H18N2O2S. The van der Waals surface area contributed by atoms with Gasteiger partial charge in [-0.15, -0.1) is 11.8 Å². The van der Waals surface area contributed by atoms with E-state index < -0.39 is 0 Å². The van der Waals surface area contributed by atoms with Crippen LogP contribution in [0.1, 0.15) is 22.9 Å². The summed E-state index contributed by atoms with van der Waals surface area (Å²) >= 11 is 1.80. The van der Waals surface area contributed by atoms with Crippen LogP contribution in [0.5, 0.6) is 5.75 Å². The number of hydrogen-bond donors (Lipinski definition) is 2. The number of aliphatic hydroxyl groups is 1. The van der Waals surface area contributed by atoms with Gasteiger partial charge in [0.15, 0.2) is 0 Å². The molecule has 5 heteroatoms. The number of benzene rings is 1. The first-order valence-electron chi connectivity index (χ1n) is 6.17. The number of aromatic nitrogens is 2. The second kappa shape index (κ2) is 7.21. The van der Waals surface area contributed by atoms with Crippen molar-refractivity contribution in [3.8, 4) is 5.75 Å². The number of methoxy groups -OCH3 is 1. The largest absolute Gasteiger partial charge is 0.497 e. The molecule has 0 saturated carbocycles. The van der Waals surface area contributed by atoms with Crippen LogP contribution in [0, 0.1) is 0 Å². The van der Waals surface area contributed by atoms with Gasteiger partial charge < -0.3 is 14.8 Å². The molecule has 0 aliphatic heterocycles. The fraction of sp³-hybridized carbons (Fsp3) is 0.357. The van der Waals surface area contributed by atoms with Gasteiger partial charge in [0.25, 0.3) is 0 Å². The molecule has 19 heavy (non-hydrogen) atoms. The number of nitrogens with zero attached hydrogens (tertiary/aromatic N) is 1. The van der Waals surface area contributed by atoms with E-state index in [-0.39, 0.29) is 11.9 Å². The Bertz CT molecular complexity index is 471. The lowest BCUT2D eigenvalue weighted by Crippen LogP contribution is -1.98. The van der Waals surface area contributed by atoms with Crippen molar-refractivity contribution in [2.75, 3.05) is 13.7 Å². The van der Waals surface area contributed by atoms with Crippen molar-refractivity contribution < 1.29 is 9.84 Å². The fourth-order valence-corrected chi connectivity index (χ4v) is 2.97. The van der Waals surface area contributed by atoms with E-state index in [2.05, 4.69) is 22.1 Å². The highest BCUT2D eigenvalue weighted by molar-refractivity contribution is 7.98. The van der Waals surface area contributed by atoms with Crippen LogP contribution in [0.4, 0.5) is 0 Å². The summed E-state index contributed by atoms with van der Waals surface area (Å²) in [6.07, 6.45) is 4.22. The molecule has 1 atom stereocenters. The molecule has 2 aromatic rings. The minimum atomic E-state index is 0.180. The van der Waals surface area contributed by atoms with Gasteiger partial charge in [0.05, 0.1) is 13.4 Å². The van der Waals surface area contributed by atoms with E-state index in [4.69, 9.17) is 9.84 Å². The van der Waals surface area contributed by atoms with E-state index in [0.717, 1.165) is 23.6 Å². The summed E-state index contributed by atoms with van der Waals surface area (Å²) in [5.74, 6) is 1.77. The topological polar surface area (TPSA) is 58.1 Å². The molecule has 0 bridgehead atoms. The maximum Gasteiger partial charge on any atom is 0.118 e. The molecule has 0 amide bonds. The summed E-state index contributed by atoms with van der Waals surface area (Å²) in [6, 6.07) is 8.06. The predicted molar refractivity (Wildman–Crippen MR) is 77.3 cm³/mol. The van der Waals surface area contributed by atoms with Crippen LogP contribution in [-0.2, 0) is 5.75 Å². The van der Waals surface area contributed by atoms with Gasteiger partial charge in [-0.3, -0.25) is 0 Å². The molecule has 1 aromatic heterocycles. The summed E-state index contributed by atoms with van der Waals surface area (Å²) in [5, 5.41) is 9.38. The number of nitrogens with one attached hydrogen (secondary N) is 1. The number of imidazole rings is 1. The molecule has 0 radical (unpaired) electrons. The summed E-state index contributed by atoms with van der Waals surface area (Å²) < 4.78 is 5.14. The zero-order valence-corrected chi connectivity index (χ0v) is 11.7. The molecule has 0 spiro atoms. The third kappa shape index (κ3) is 4.01. The predicted octanol–water partition coefficient (Wildman–Crippen LogP) is 2.78. The molecule has 0 aliphatic rings. The van der Waals surface area contributed by atoms with Gasteiger partial charge in [0, 0.05) is 29.5 Å². The summed E-state index contributed by atoms with van der Waals surface area (Å²) in [7, 11) is 1.67. The van der Waals surface area contributed by atoms with E-state index in [0.29, 0.717) is 0 Å². The van der Waals surface area contributed by atoms with E-state index >= 15 is 0 Å². The van der Waals surface area contributed by atoms with Crippen LogP contribution in [0.2, 0.25) is 0 Å². The maximum absolute atomic E-state index is 9.14. The van der Waals surface area contributed by atoms with E-state index in [9.17, 15) is 0 Å². The van der Waals surface area contributed by atoms with Crippen molar-refractivity contribution >= 4 is 11.8 Å². The first kappa shape index (κ1) is 14.0. The first-order valence-corrected chi connectivity index (χ1v) is 7.22. The maximum atomic E-state index is 9.14. The molecule has 0 saturated heterocycles. The average molecular weight is 278 g/mol. The zero-order chi connectivity index (χ0) is 13.5. The number of aromatic amines is 1. The Balaban J connectivity index is 1.94. The summed E-state index contributed by atoms with van der Waals surface area (Å²) in [5.41, 5.74) is 2.31. The van der Waals surface area contributed by atoms with Crippen molar-refractivity contribution in [2.45, 2.75) is 17.4 Å². The first-order chi connectivity index (χ1) is 9.33. The summed E-state index contributed by atoms with van der Waals surface area (Å²) in [4.78, 5) is 7.15. The number of ether oxygens (including phenoxy) is 1. The molecule has 0 fully saturated rings. The van der Waals surface area contributed by atoms with Crippen molar-refractivity contribution in [3.63, 3.8) is 0 Å². The number of rotatable bonds is 7. The van der Waals surface area contributed by atoms with Crippen LogP contribution >= 0.6 is 11.8 Å². The lowest BCUT2D eigenvalue weighted by Gasteiger charge is -2.13. The van der Waals surface area contributed by atoms with Crippen molar-refractivity contribution in [2.24, 2.45) is 0 Å². The minimum Gasteiger partial charge on any atom is -0.497 e. The lowest BCUT2D eigenvalue weighted by molar-refractivity contribution is 0.287. The summed E-state index contributed by atoms with van der Waals surface area (Å²) in [6.45, 7) is 0.180. The lowest BCUT2D eigenvalue weighted by atomic mass is 10.2. The van der Waals surface area contributed by atoms with Gasteiger partial charge in [-0.25, -0.2) is 4.98 Å². The van der Waals surface area contributed by atoms with Gasteiger partial charge in [0.2, 0.25) is 0 Å². The normalized spacial score (nSPS) is 12.3. The van der Waals surface area contributed by atoms with Crippen LogP contribution in [0.3, 0.4) is 0 Å². The second-order valence-corrected chi connectivity index (χ2v) is 5.36. The molecule has 102 valence electrons. The van der Waals surface area contributed by atoms with Crippen molar-refractivity contribution in [3.05, 3.63) is 48.0 Å². The van der Waals surface area contributed by atoms with Gasteiger partial charge in [-0.05, 0) is 24.1 Å². The Morgan fingerprint density at radius 3 is 2.74 bits per heavy atom. The Labute approximate surface area is 117 Å². The van der Waals surface area contributed by atoms with E-state index in [1.807, 2.05) is 18.3 Å². The van der Waals surface area contributed by atoms with Gasteiger partial charge >= 0.3 is 0 Å². The Hall–Kier alpha value is -1.46. The third-order valence-electron chi connectivity index (χ3n) is 2.87. The molecule has 4 nitrogen and oxygen atoms in total. The third-order valence-corrected chi connectivity index (χ3v) is 4.26. The molecule has 1 unspecified atom stereocenters. The van der Waals surface area contributed by atoms with E-state index in [1.165, 1.54) is 5.56 Å². The van der Waals surface area contributed by atoms with Crippen molar-refractivity contribution in [1.82, 2.24) is 9.97 Å². The van der Waals surface area contributed by atoms with Crippen LogP contribution in [0.15, 0.2) is 36.8 Å². The minimum absolute atomic E-state index is 0.180. The Morgan fingerprint density at radius 2 is 2.16 bits per heavy atom. The molecule has 2 rings (SSSR count). The number of thioether (sulfide) groups is 1. The average Bonchev–Trinajstić information content (AvgIpc) is 2.98. The molecule has 1 aromatic carbocycles. The highest BCUT2D eigenvalue weighted by Crippen LogP contribution is 2.33. The number of hydrogen-bond acceptors (Lipinski definition) is 4. The van der Waals surface area contributed by atoms with Crippen LogP contribution in [0.25, 0.3) is 0 Å². The smallest absolute Gasteiger partial charge is 0.118 e.